The molecule has 2 N–H and O–H groups in total. The SMILES string of the molecule is Nc1ccccc1N1CCC(N2CCCOC2=O)CC1. The fourth-order valence-electron chi connectivity index (χ4n) is 3.09. The Balaban J connectivity index is 1.62. The van der Waals surface area contributed by atoms with Crippen molar-refractivity contribution in [1.29, 1.82) is 0 Å². The van der Waals surface area contributed by atoms with Gasteiger partial charge in [0.25, 0.3) is 0 Å². The molecule has 5 heteroatoms. The molecule has 3 rings (SSSR count). The highest BCUT2D eigenvalue weighted by molar-refractivity contribution is 5.69. The molecule has 0 aromatic heterocycles. The van der Waals surface area contributed by atoms with Crippen LogP contribution in [0.4, 0.5) is 16.2 Å². The van der Waals surface area contributed by atoms with E-state index in [1.807, 2.05) is 23.1 Å². The average Bonchev–Trinajstić information content (AvgIpc) is 2.49. The van der Waals surface area contributed by atoms with Crippen molar-refractivity contribution >= 4 is 17.5 Å². The quantitative estimate of drug-likeness (QED) is 0.840. The van der Waals surface area contributed by atoms with Crippen molar-refractivity contribution in [2.75, 3.05) is 36.9 Å². The molecule has 0 radical (unpaired) electrons. The Hall–Kier alpha value is -1.91. The van der Waals surface area contributed by atoms with Crippen LogP contribution in [0.25, 0.3) is 0 Å². The lowest BCUT2D eigenvalue weighted by Crippen LogP contribution is -2.50. The van der Waals surface area contributed by atoms with E-state index in [2.05, 4.69) is 11.0 Å². The molecule has 0 bridgehead atoms. The van der Waals surface area contributed by atoms with Crippen molar-refractivity contribution in [3.05, 3.63) is 24.3 Å². The van der Waals surface area contributed by atoms with E-state index in [-0.39, 0.29) is 6.09 Å². The monoisotopic (exact) mass is 275 g/mol. The number of carbonyl (C=O) groups excluding carboxylic acids is 1. The van der Waals surface area contributed by atoms with E-state index >= 15 is 0 Å². The average molecular weight is 275 g/mol. The number of carbonyl (C=O) groups is 1. The second-order valence-electron chi connectivity index (χ2n) is 5.44. The second kappa shape index (κ2) is 5.61. The van der Waals surface area contributed by atoms with Crippen LogP contribution in [0.15, 0.2) is 24.3 Å². The first-order chi connectivity index (χ1) is 9.75. The summed E-state index contributed by atoms with van der Waals surface area (Å²) in [6.45, 7) is 3.26. The van der Waals surface area contributed by atoms with Crippen molar-refractivity contribution < 1.29 is 9.53 Å². The van der Waals surface area contributed by atoms with E-state index < -0.39 is 0 Å². The molecule has 0 saturated carbocycles. The lowest BCUT2D eigenvalue weighted by Gasteiger charge is -2.40. The van der Waals surface area contributed by atoms with Gasteiger partial charge in [0.15, 0.2) is 0 Å². The number of hydrogen-bond acceptors (Lipinski definition) is 4. The number of nitrogen functional groups attached to an aromatic ring is 1. The molecule has 0 spiro atoms. The molecule has 0 unspecified atom stereocenters. The van der Waals surface area contributed by atoms with Gasteiger partial charge in [-0.05, 0) is 31.4 Å². The van der Waals surface area contributed by atoms with Gasteiger partial charge in [-0.1, -0.05) is 12.1 Å². The van der Waals surface area contributed by atoms with Crippen LogP contribution in [0.2, 0.25) is 0 Å². The Morgan fingerprint density at radius 1 is 1.15 bits per heavy atom. The predicted octanol–water partition coefficient (Wildman–Crippen LogP) is 2.08. The highest BCUT2D eigenvalue weighted by atomic mass is 16.6. The van der Waals surface area contributed by atoms with E-state index in [0.717, 1.165) is 50.3 Å². The largest absolute Gasteiger partial charge is 0.449 e. The van der Waals surface area contributed by atoms with Gasteiger partial charge in [-0.15, -0.1) is 0 Å². The Morgan fingerprint density at radius 2 is 1.90 bits per heavy atom. The van der Waals surface area contributed by atoms with Crippen LogP contribution in [0, 0.1) is 0 Å². The highest BCUT2D eigenvalue weighted by Gasteiger charge is 2.30. The maximum absolute atomic E-state index is 11.8. The third kappa shape index (κ3) is 2.53. The summed E-state index contributed by atoms with van der Waals surface area (Å²) in [4.78, 5) is 16.0. The number of piperidine rings is 1. The number of nitrogens with zero attached hydrogens (tertiary/aromatic N) is 2. The van der Waals surface area contributed by atoms with Gasteiger partial charge in [-0.25, -0.2) is 4.79 Å². The summed E-state index contributed by atoms with van der Waals surface area (Å²) in [6.07, 6.45) is 2.75. The summed E-state index contributed by atoms with van der Waals surface area (Å²) in [5.41, 5.74) is 7.95. The Morgan fingerprint density at radius 3 is 2.60 bits per heavy atom. The Bertz CT molecular complexity index is 484. The molecule has 0 atom stereocenters. The summed E-state index contributed by atoms with van der Waals surface area (Å²) in [5.74, 6) is 0. The van der Waals surface area contributed by atoms with Crippen LogP contribution >= 0.6 is 0 Å². The van der Waals surface area contributed by atoms with Crippen LogP contribution in [0.5, 0.6) is 0 Å². The van der Waals surface area contributed by atoms with Gasteiger partial charge >= 0.3 is 6.09 Å². The Labute approximate surface area is 119 Å². The number of cyclic esters (lactones) is 1. The minimum absolute atomic E-state index is 0.145. The number of rotatable bonds is 2. The molecule has 1 amide bonds. The zero-order chi connectivity index (χ0) is 13.9. The summed E-state index contributed by atoms with van der Waals surface area (Å²) in [7, 11) is 0. The lowest BCUT2D eigenvalue weighted by molar-refractivity contribution is 0.0499. The zero-order valence-corrected chi connectivity index (χ0v) is 11.6. The lowest BCUT2D eigenvalue weighted by atomic mass is 10.0. The van der Waals surface area contributed by atoms with Crippen LogP contribution < -0.4 is 10.6 Å². The van der Waals surface area contributed by atoms with Crippen LogP contribution in [-0.2, 0) is 4.74 Å². The molecule has 2 saturated heterocycles. The summed E-state index contributed by atoms with van der Waals surface area (Å²) < 4.78 is 5.13. The number of ether oxygens (including phenoxy) is 1. The maximum Gasteiger partial charge on any atom is 0.410 e. The minimum Gasteiger partial charge on any atom is -0.449 e. The molecule has 1 aromatic rings. The summed E-state index contributed by atoms with van der Waals surface area (Å²) in [5, 5.41) is 0. The molecule has 2 fully saturated rings. The van der Waals surface area contributed by atoms with Gasteiger partial charge in [0.2, 0.25) is 0 Å². The normalized spacial score (nSPS) is 20.9. The number of nitrogens with two attached hydrogens (primary N) is 1. The van der Waals surface area contributed by atoms with Crippen LogP contribution in [0.1, 0.15) is 19.3 Å². The molecule has 1 aromatic carbocycles. The molecule has 20 heavy (non-hydrogen) atoms. The van der Waals surface area contributed by atoms with Gasteiger partial charge in [0.1, 0.15) is 0 Å². The third-order valence-electron chi connectivity index (χ3n) is 4.19. The minimum atomic E-state index is -0.145. The zero-order valence-electron chi connectivity index (χ0n) is 11.6. The molecule has 108 valence electrons. The molecule has 2 aliphatic heterocycles. The van der Waals surface area contributed by atoms with E-state index in [9.17, 15) is 4.79 Å². The fraction of sp³-hybridized carbons (Fsp3) is 0.533. The van der Waals surface area contributed by atoms with Crippen LogP contribution in [-0.4, -0.2) is 43.3 Å². The predicted molar refractivity (Wildman–Crippen MR) is 78.8 cm³/mol. The van der Waals surface area contributed by atoms with Gasteiger partial charge in [0, 0.05) is 25.7 Å². The maximum atomic E-state index is 11.8. The molecular formula is C15H21N3O2. The number of amides is 1. The smallest absolute Gasteiger partial charge is 0.410 e. The van der Waals surface area contributed by atoms with Crippen LogP contribution in [0.3, 0.4) is 0 Å². The molecular weight excluding hydrogens is 254 g/mol. The van der Waals surface area contributed by atoms with Crippen molar-refractivity contribution in [3.8, 4) is 0 Å². The second-order valence-corrected chi connectivity index (χ2v) is 5.44. The van der Waals surface area contributed by atoms with Gasteiger partial charge in [0.05, 0.1) is 18.0 Å². The van der Waals surface area contributed by atoms with Gasteiger partial charge in [-0.3, -0.25) is 0 Å². The first-order valence-corrected chi connectivity index (χ1v) is 7.28. The van der Waals surface area contributed by atoms with Gasteiger partial charge in [-0.2, -0.15) is 0 Å². The topological polar surface area (TPSA) is 58.8 Å². The van der Waals surface area contributed by atoms with E-state index in [0.29, 0.717) is 12.6 Å². The van der Waals surface area contributed by atoms with Crippen molar-refractivity contribution in [3.63, 3.8) is 0 Å². The first kappa shape index (κ1) is 13.1. The highest BCUT2D eigenvalue weighted by Crippen LogP contribution is 2.27. The van der Waals surface area contributed by atoms with E-state index in [1.165, 1.54) is 0 Å². The molecule has 2 aliphatic rings. The first-order valence-electron chi connectivity index (χ1n) is 7.28. The molecule has 2 heterocycles. The number of anilines is 2. The van der Waals surface area contributed by atoms with E-state index in [1.54, 1.807) is 0 Å². The third-order valence-corrected chi connectivity index (χ3v) is 4.19. The summed E-state index contributed by atoms with van der Waals surface area (Å²) >= 11 is 0. The van der Waals surface area contributed by atoms with Crippen molar-refractivity contribution in [1.82, 2.24) is 4.90 Å². The standard InChI is InChI=1S/C15H21N3O2/c16-13-4-1-2-5-14(13)17-9-6-12(7-10-17)18-8-3-11-20-15(18)19/h1-2,4-5,12H,3,6-11,16H2. The summed E-state index contributed by atoms with van der Waals surface area (Å²) in [6, 6.07) is 8.27. The fourth-order valence-corrected chi connectivity index (χ4v) is 3.09. The number of hydrogen-bond donors (Lipinski definition) is 1. The number of para-hydroxylation sites is 2. The van der Waals surface area contributed by atoms with Crippen molar-refractivity contribution in [2.45, 2.75) is 25.3 Å². The Kier molecular flexibility index (Phi) is 3.67. The molecule has 5 nitrogen and oxygen atoms in total. The van der Waals surface area contributed by atoms with Gasteiger partial charge < -0.3 is 20.3 Å². The van der Waals surface area contributed by atoms with Crippen molar-refractivity contribution in [2.24, 2.45) is 0 Å². The van der Waals surface area contributed by atoms with E-state index in [4.69, 9.17) is 10.5 Å². The molecule has 0 aliphatic carbocycles. The number of benzene rings is 1.